The van der Waals surface area contributed by atoms with E-state index in [1.807, 2.05) is 0 Å². The van der Waals surface area contributed by atoms with Crippen molar-refractivity contribution in [3.63, 3.8) is 0 Å². The van der Waals surface area contributed by atoms with Crippen molar-refractivity contribution >= 4 is 0 Å². The summed E-state index contributed by atoms with van der Waals surface area (Å²) in [5.74, 6) is -0.546. The predicted molar refractivity (Wildman–Crippen MR) is 73.0 cm³/mol. The summed E-state index contributed by atoms with van der Waals surface area (Å²) >= 11 is 0. The Morgan fingerprint density at radius 1 is 0.947 bits per heavy atom. The average molecular weight is 270 g/mol. The van der Waals surface area contributed by atoms with Gasteiger partial charge in [0.25, 0.3) is 0 Å². The zero-order valence-electron chi connectivity index (χ0n) is 11.3. The molecule has 0 radical (unpaired) electrons. The van der Waals surface area contributed by atoms with E-state index in [0.717, 1.165) is 25.7 Å². The fraction of sp³-hybridized carbons (Fsp3) is 0.600. The van der Waals surface area contributed by atoms with Crippen LogP contribution in [-0.2, 0) is 0 Å². The summed E-state index contributed by atoms with van der Waals surface area (Å²) in [7, 11) is 0. The van der Waals surface area contributed by atoms with Gasteiger partial charge in [0, 0.05) is 12.7 Å². The zero-order chi connectivity index (χ0) is 13.9. The van der Waals surface area contributed by atoms with Crippen LogP contribution in [0.3, 0.4) is 0 Å². The highest BCUT2D eigenvalue weighted by Crippen LogP contribution is 2.21. The van der Waals surface area contributed by atoms with Gasteiger partial charge in [-0.05, 0) is 25.0 Å². The van der Waals surface area contributed by atoms with Gasteiger partial charge in [-0.1, -0.05) is 32.1 Å². The maximum absolute atomic E-state index is 13.0. The Kier molecular flexibility index (Phi) is 7.98. The number of rotatable bonds is 10. The molecule has 0 saturated carbocycles. The fourth-order valence-corrected chi connectivity index (χ4v) is 1.87. The minimum atomic E-state index is -0.651. The van der Waals surface area contributed by atoms with Crippen molar-refractivity contribution < 1.29 is 19.3 Å². The Bertz CT molecular complexity index is 355. The lowest BCUT2D eigenvalue weighted by atomic mass is 10.1. The van der Waals surface area contributed by atoms with Gasteiger partial charge in [-0.15, -0.1) is 0 Å². The molecule has 0 heterocycles. The minimum absolute atomic E-state index is 0.289. The van der Waals surface area contributed by atoms with Gasteiger partial charge in [0.15, 0.2) is 11.6 Å². The number of halogens is 1. The first kappa shape index (κ1) is 15.8. The lowest BCUT2D eigenvalue weighted by Crippen LogP contribution is -1.97. The van der Waals surface area contributed by atoms with E-state index in [9.17, 15) is 4.39 Å². The normalized spacial score (nSPS) is 10.6. The van der Waals surface area contributed by atoms with Gasteiger partial charge in [-0.3, -0.25) is 0 Å². The van der Waals surface area contributed by atoms with Crippen molar-refractivity contribution in [3.05, 3.63) is 24.0 Å². The number of hydrogen-bond donors (Lipinski definition) is 2. The van der Waals surface area contributed by atoms with Crippen LogP contribution in [0.5, 0.6) is 11.5 Å². The Balaban J connectivity index is 2.00. The van der Waals surface area contributed by atoms with E-state index in [1.54, 1.807) is 6.07 Å². The first-order valence-electron chi connectivity index (χ1n) is 6.96. The molecule has 0 bridgehead atoms. The van der Waals surface area contributed by atoms with Crippen molar-refractivity contribution in [2.24, 2.45) is 0 Å². The van der Waals surface area contributed by atoms with E-state index in [4.69, 9.17) is 14.9 Å². The summed E-state index contributed by atoms with van der Waals surface area (Å²) in [6.07, 6.45) is 7.56. The summed E-state index contributed by atoms with van der Waals surface area (Å²) in [5.41, 5.74) is 0. The van der Waals surface area contributed by atoms with Gasteiger partial charge in [0.2, 0.25) is 0 Å². The molecule has 19 heavy (non-hydrogen) atoms. The van der Waals surface area contributed by atoms with E-state index < -0.39 is 5.82 Å². The molecule has 0 spiro atoms. The molecule has 0 saturated heterocycles. The molecule has 0 aromatic heterocycles. The van der Waals surface area contributed by atoms with Gasteiger partial charge in [-0.25, -0.2) is 4.39 Å². The van der Waals surface area contributed by atoms with Gasteiger partial charge in [0.05, 0.1) is 6.61 Å². The van der Waals surface area contributed by atoms with Crippen LogP contribution in [0.2, 0.25) is 0 Å². The third-order valence-electron chi connectivity index (χ3n) is 2.99. The second-order valence-electron chi connectivity index (χ2n) is 4.66. The van der Waals surface area contributed by atoms with Crippen LogP contribution in [0.25, 0.3) is 0 Å². The largest absolute Gasteiger partial charge is 0.505 e. The molecule has 4 heteroatoms. The molecule has 0 amide bonds. The second-order valence-corrected chi connectivity index (χ2v) is 4.66. The molecule has 1 aromatic carbocycles. The van der Waals surface area contributed by atoms with Crippen LogP contribution in [0, 0.1) is 5.82 Å². The van der Waals surface area contributed by atoms with E-state index in [1.165, 1.54) is 31.4 Å². The molecule has 0 atom stereocenters. The fourth-order valence-electron chi connectivity index (χ4n) is 1.87. The molecule has 0 fully saturated rings. The van der Waals surface area contributed by atoms with Gasteiger partial charge in [0.1, 0.15) is 5.75 Å². The Morgan fingerprint density at radius 3 is 2.21 bits per heavy atom. The smallest absolute Gasteiger partial charge is 0.168 e. The second kappa shape index (κ2) is 9.62. The van der Waals surface area contributed by atoms with Crippen molar-refractivity contribution in [2.45, 2.75) is 44.9 Å². The molecular weight excluding hydrogens is 247 g/mol. The quantitative estimate of drug-likeness (QED) is 0.638. The number of phenolic OH excluding ortho intramolecular Hbond substituents is 1. The van der Waals surface area contributed by atoms with Gasteiger partial charge in [-0.2, -0.15) is 0 Å². The van der Waals surface area contributed by atoms with E-state index >= 15 is 0 Å². The maximum Gasteiger partial charge on any atom is 0.168 e. The molecule has 1 rings (SSSR count). The average Bonchev–Trinajstić information content (AvgIpc) is 2.41. The highest BCUT2D eigenvalue weighted by Gasteiger charge is 2.01. The lowest BCUT2D eigenvalue weighted by molar-refractivity contribution is 0.281. The third kappa shape index (κ3) is 7.01. The van der Waals surface area contributed by atoms with Crippen LogP contribution in [-0.4, -0.2) is 23.4 Å². The minimum Gasteiger partial charge on any atom is -0.505 e. The van der Waals surface area contributed by atoms with Crippen LogP contribution >= 0.6 is 0 Å². The summed E-state index contributed by atoms with van der Waals surface area (Å²) < 4.78 is 18.4. The summed E-state index contributed by atoms with van der Waals surface area (Å²) in [4.78, 5) is 0. The molecule has 0 aliphatic rings. The summed E-state index contributed by atoms with van der Waals surface area (Å²) in [6, 6.07) is 4.06. The van der Waals surface area contributed by atoms with Crippen molar-refractivity contribution in [1.29, 1.82) is 0 Å². The zero-order valence-corrected chi connectivity index (χ0v) is 11.3. The molecule has 108 valence electrons. The van der Waals surface area contributed by atoms with Crippen LogP contribution in [0.4, 0.5) is 4.39 Å². The highest BCUT2D eigenvalue weighted by molar-refractivity contribution is 5.31. The molecule has 0 aliphatic heterocycles. The Hall–Kier alpha value is -1.29. The Labute approximate surface area is 114 Å². The standard InChI is InChI=1S/C15H23FO3/c16-14-12-13(8-9-15(14)18)19-11-7-5-3-1-2-4-6-10-17/h8-9,12,17-18H,1-7,10-11H2. The van der Waals surface area contributed by atoms with Crippen LogP contribution in [0.1, 0.15) is 44.9 Å². The number of ether oxygens (including phenoxy) is 1. The Morgan fingerprint density at radius 2 is 1.58 bits per heavy atom. The molecular formula is C15H23FO3. The van der Waals surface area contributed by atoms with Crippen LogP contribution < -0.4 is 4.74 Å². The van der Waals surface area contributed by atoms with Crippen molar-refractivity contribution in [2.75, 3.05) is 13.2 Å². The lowest BCUT2D eigenvalue weighted by Gasteiger charge is -2.06. The number of phenols is 1. The predicted octanol–water partition coefficient (Wildman–Crippen LogP) is 3.63. The first-order valence-corrected chi connectivity index (χ1v) is 6.96. The van der Waals surface area contributed by atoms with E-state index in [-0.39, 0.29) is 12.4 Å². The number of aliphatic hydroxyl groups is 1. The van der Waals surface area contributed by atoms with Gasteiger partial charge >= 0.3 is 0 Å². The summed E-state index contributed by atoms with van der Waals surface area (Å²) in [6.45, 7) is 0.859. The van der Waals surface area contributed by atoms with Crippen LogP contribution in [0.15, 0.2) is 18.2 Å². The maximum atomic E-state index is 13.0. The van der Waals surface area contributed by atoms with E-state index in [2.05, 4.69) is 0 Å². The van der Waals surface area contributed by atoms with Gasteiger partial charge < -0.3 is 14.9 Å². The molecule has 2 N–H and O–H groups in total. The first-order chi connectivity index (χ1) is 9.24. The third-order valence-corrected chi connectivity index (χ3v) is 2.99. The topological polar surface area (TPSA) is 49.7 Å². The molecule has 1 aromatic rings. The SMILES string of the molecule is OCCCCCCCCCOc1ccc(O)c(F)c1. The summed E-state index contributed by atoms with van der Waals surface area (Å²) in [5, 5.41) is 17.7. The number of aromatic hydroxyl groups is 1. The number of benzene rings is 1. The van der Waals surface area contributed by atoms with Crippen molar-refractivity contribution in [1.82, 2.24) is 0 Å². The molecule has 3 nitrogen and oxygen atoms in total. The molecule has 0 unspecified atom stereocenters. The van der Waals surface area contributed by atoms with E-state index in [0.29, 0.717) is 12.4 Å². The number of unbranched alkanes of at least 4 members (excludes halogenated alkanes) is 6. The number of hydrogen-bond acceptors (Lipinski definition) is 3. The highest BCUT2D eigenvalue weighted by atomic mass is 19.1. The van der Waals surface area contributed by atoms with Crippen molar-refractivity contribution in [3.8, 4) is 11.5 Å². The number of aliphatic hydroxyl groups excluding tert-OH is 1. The monoisotopic (exact) mass is 270 g/mol. The molecule has 0 aliphatic carbocycles.